The predicted octanol–water partition coefficient (Wildman–Crippen LogP) is 1.69. The Morgan fingerprint density at radius 2 is 1.38 bits per heavy atom. The number of halogens is 2. The van der Waals surface area contributed by atoms with Gasteiger partial charge in [-0.15, -0.1) is 0 Å². The van der Waals surface area contributed by atoms with Crippen LogP contribution in [-0.2, 0) is 10.1 Å². The molecule has 0 bridgehead atoms. The predicted molar refractivity (Wildman–Crippen MR) is 56.6 cm³/mol. The van der Waals surface area contributed by atoms with Crippen LogP contribution in [0.2, 0.25) is 0 Å². The van der Waals surface area contributed by atoms with Gasteiger partial charge in [0, 0.05) is 11.1 Å². The number of hydrogen-bond donors (Lipinski definition) is 1. The summed E-state index contributed by atoms with van der Waals surface area (Å²) in [7, 11) is -4.54. The van der Waals surface area contributed by atoms with Crippen LogP contribution >= 0.6 is 23.2 Å². The van der Waals surface area contributed by atoms with Crippen LogP contribution in [-0.4, -0.2) is 23.5 Å². The third kappa shape index (κ3) is 3.02. The average molecular weight is 283 g/mol. The Morgan fingerprint density at radius 3 is 1.62 bits per heavy atom. The van der Waals surface area contributed by atoms with Crippen LogP contribution < -0.4 is 0 Å². The lowest BCUT2D eigenvalue weighted by Crippen LogP contribution is -2.03. The van der Waals surface area contributed by atoms with Gasteiger partial charge >= 0.3 is 0 Å². The summed E-state index contributed by atoms with van der Waals surface area (Å²) in [4.78, 5) is 21.0. The van der Waals surface area contributed by atoms with Crippen molar-refractivity contribution >= 4 is 43.8 Å². The first-order chi connectivity index (χ1) is 7.21. The highest BCUT2D eigenvalue weighted by molar-refractivity contribution is 7.85. The van der Waals surface area contributed by atoms with Crippen molar-refractivity contribution in [3.63, 3.8) is 0 Å². The molecule has 16 heavy (non-hydrogen) atoms. The third-order valence-corrected chi connectivity index (χ3v) is 2.93. The smallest absolute Gasteiger partial charge is 0.282 e. The number of benzene rings is 1. The van der Waals surface area contributed by atoms with Gasteiger partial charge in [-0.05, 0) is 41.4 Å². The normalized spacial score (nSPS) is 11.2. The van der Waals surface area contributed by atoms with E-state index in [1.807, 2.05) is 0 Å². The van der Waals surface area contributed by atoms with E-state index in [4.69, 9.17) is 27.8 Å². The van der Waals surface area contributed by atoms with Crippen molar-refractivity contribution in [2.45, 2.75) is 4.90 Å². The fraction of sp³-hybridized carbons (Fsp3) is 0. The molecule has 0 aliphatic rings. The van der Waals surface area contributed by atoms with Crippen LogP contribution in [0, 0.1) is 0 Å². The van der Waals surface area contributed by atoms with Gasteiger partial charge in [0.05, 0.1) is 4.90 Å². The van der Waals surface area contributed by atoms with E-state index in [1.54, 1.807) is 0 Å². The van der Waals surface area contributed by atoms with Crippen molar-refractivity contribution < 1.29 is 22.6 Å². The quantitative estimate of drug-likeness (QED) is 0.673. The highest BCUT2D eigenvalue weighted by Gasteiger charge is 2.16. The molecule has 0 amide bonds. The Hall–Kier alpha value is -0.950. The minimum Gasteiger partial charge on any atom is -0.282 e. The lowest BCUT2D eigenvalue weighted by molar-refractivity contribution is 0.108. The van der Waals surface area contributed by atoms with E-state index in [0.717, 1.165) is 18.2 Å². The molecule has 0 spiro atoms. The van der Waals surface area contributed by atoms with E-state index in [-0.39, 0.29) is 11.1 Å². The molecule has 0 aromatic heterocycles. The van der Waals surface area contributed by atoms with Crippen molar-refractivity contribution in [1.29, 1.82) is 0 Å². The topological polar surface area (TPSA) is 88.5 Å². The van der Waals surface area contributed by atoms with Gasteiger partial charge < -0.3 is 0 Å². The molecule has 1 aromatic carbocycles. The molecule has 0 fully saturated rings. The van der Waals surface area contributed by atoms with E-state index in [0.29, 0.717) is 0 Å². The van der Waals surface area contributed by atoms with Crippen molar-refractivity contribution in [1.82, 2.24) is 0 Å². The van der Waals surface area contributed by atoms with Gasteiger partial charge in [0.1, 0.15) is 0 Å². The first-order valence-electron chi connectivity index (χ1n) is 3.74. The molecule has 0 aliphatic heterocycles. The summed E-state index contributed by atoms with van der Waals surface area (Å²) in [6.07, 6.45) is 0. The third-order valence-electron chi connectivity index (χ3n) is 1.66. The first kappa shape index (κ1) is 13.1. The first-order valence-corrected chi connectivity index (χ1v) is 5.93. The Morgan fingerprint density at radius 1 is 1.00 bits per heavy atom. The molecule has 0 aliphatic carbocycles. The van der Waals surface area contributed by atoms with Crippen molar-refractivity contribution in [2.75, 3.05) is 0 Å². The minimum absolute atomic E-state index is 0.249. The summed E-state index contributed by atoms with van der Waals surface area (Å²) in [5.74, 6) is 0. The molecule has 0 atom stereocenters. The molecular formula is C8H4Cl2O5S. The number of carbonyl (C=O) groups excluding carboxylic acids is 2. The van der Waals surface area contributed by atoms with Gasteiger partial charge in [0.2, 0.25) is 0 Å². The van der Waals surface area contributed by atoms with E-state index < -0.39 is 25.5 Å². The van der Waals surface area contributed by atoms with E-state index in [2.05, 4.69) is 0 Å². The Kier molecular flexibility index (Phi) is 3.69. The van der Waals surface area contributed by atoms with Gasteiger partial charge in [-0.3, -0.25) is 14.1 Å². The molecule has 0 saturated carbocycles. The molecule has 5 nitrogen and oxygen atoms in total. The summed E-state index contributed by atoms with van der Waals surface area (Å²) in [6.45, 7) is 0. The van der Waals surface area contributed by atoms with Gasteiger partial charge in [-0.1, -0.05) is 0 Å². The molecule has 1 aromatic rings. The largest absolute Gasteiger partial charge is 0.294 e. The monoisotopic (exact) mass is 282 g/mol. The van der Waals surface area contributed by atoms with Gasteiger partial charge in [0.15, 0.2) is 0 Å². The molecule has 86 valence electrons. The Bertz CT molecular complexity index is 532. The number of rotatable bonds is 3. The zero-order chi connectivity index (χ0) is 12.5. The van der Waals surface area contributed by atoms with Crippen LogP contribution in [0.25, 0.3) is 0 Å². The summed E-state index contributed by atoms with van der Waals surface area (Å²) >= 11 is 10.3. The van der Waals surface area contributed by atoms with E-state index in [9.17, 15) is 18.0 Å². The Labute approximate surface area is 101 Å². The summed E-state index contributed by atoms with van der Waals surface area (Å²) < 4.78 is 30.4. The lowest BCUT2D eigenvalue weighted by atomic mass is 10.1. The molecule has 0 unspecified atom stereocenters. The van der Waals surface area contributed by atoms with Crippen LogP contribution in [0.1, 0.15) is 20.7 Å². The van der Waals surface area contributed by atoms with Gasteiger partial charge in [-0.25, -0.2) is 0 Å². The summed E-state index contributed by atoms with van der Waals surface area (Å²) in [5.41, 5.74) is -0.499. The number of hydrogen-bond acceptors (Lipinski definition) is 4. The highest BCUT2D eigenvalue weighted by atomic mass is 35.5. The molecule has 0 saturated heterocycles. The molecule has 0 radical (unpaired) electrons. The minimum atomic E-state index is -4.54. The van der Waals surface area contributed by atoms with Gasteiger partial charge in [-0.2, -0.15) is 8.42 Å². The molecule has 0 heterocycles. The second-order valence-corrected chi connectivity index (χ2v) is 4.88. The van der Waals surface area contributed by atoms with Crippen LogP contribution in [0.15, 0.2) is 23.1 Å². The maximum atomic E-state index is 10.8. The zero-order valence-electron chi connectivity index (χ0n) is 7.48. The van der Waals surface area contributed by atoms with Crippen molar-refractivity contribution in [2.24, 2.45) is 0 Å². The lowest BCUT2D eigenvalue weighted by Gasteiger charge is -2.02. The summed E-state index contributed by atoms with van der Waals surface area (Å²) in [6, 6.07) is 2.71. The fourth-order valence-corrected chi connectivity index (χ4v) is 1.74. The van der Waals surface area contributed by atoms with Crippen molar-refractivity contribution in [3.05, 3.63) is 29.3 Å². The molecule has 8 heteroatoms. The SMILES string of the molecule is O=C(Cl)c1cc(C(=O)Cl)cc(S(=O)(=O)O)c1. The average Bonchev–Trinajstić information content (AvgIpc) is 2.15. The fourth-order valence-electron chi connectivity index (χ4n) is 0.975. The number of carbonyl (C=O) groups is 2. The van der Waals surface area contributed by atoms with E-state index >= 15 is 0 Å². The molecule has 1 rings (SSSR count). The van der Waals surface area contributed by atoms with Crippen LogP contribution in [0.4, 0.5) is 0 Å². The standard InChI is InChI=1S/C8H4Cl2O5S/c9-7(11)4-1-5(8(10)12)3-6(2-4)16(13,14)15/h1-3H,(H,13,14,15). The second kappa shape index (κ2) is 4.50. The second-order valence-electron chi connectivity index (χ2n) is 2.77. The van der Waals surface area contributed by atoms with Gasteiger partial charge in [0.25, 0.3) is 20.6 Å². The highest BCUT2D eigenvalue weighted by Crippen LogP contribution is 2.18. The summed E-state index contributed by atoms with van der Waals surface area (Å²) in [5, 5.41) is -1.94. The van der Waals surface area contributed by atoms with Crippen LogP contribution in [0.5, 0.6) is 0 Å². The Balaban J connectivity index is 3.54. The molecular weight excluding hydrogens is 279 g/mol. The molecule has 1 N–H and O–H groups in total. The van der Waals surface area contributed by atoms with Crippen LogP contribution in [0.3, 0.4) is 0 Å². The zero-order valence-corrected chi connectivity index (χ0v) is 9.80. The van der Waals surface area contributed by atoms with Crippen molar-refractivity contribution in [3.8, 4) is 0 Å². The maximum Gasteiger partial charge on any atom is 0.294 e. The van der Waals surface area contributed by atoms with E-state index in [1.165, 1.54) is 0 Å². The maximum absolute atomic E-state index is 10.8.